The summed E-state index contributed by atoms with van der Waals surface area (Å²) in [7, 11) is 0. The second kappa shape index (κ2) is 12.5. The molecule has 1 heterocycles. The van der Waals surface area contributed by atoms with Crippen LogP contribution in [0.5, 0.6) is 0 Å². The number of rotatable bonds is 6. The van der Waals surface area contributed by atoms with Gasteiger partial charge in [0.15, 0.2) is 0 Å². The number of para-hydroxylation sites is 2. The van der Waals surface area contributed by atoms with Crippen molar-refractivity contribution < 1.29 is 0 Å². The molecule has 244 valence electrons. The van der Waals surface area contributed by atoms with E-state index < -0.39 is 0 Å². The van der Waals surface area contributed by atoms with Gasteiger partial charge in [-0.3, -0.25) is 0 Å². The van der Waals surface area contributed by atoms with Crippen molar-refractivity contribution in [1.82, 2.24) is 4.57 Å². The Kier molecular flexibility index (Phi) is 7.18. The zero-order valence-corrected chi connectivity index (χ0v) is 28.5. The second-order valence-corrected chi connectivity index (χ2v) is 13.4. The van der Waals surface area contributed by atoms with Gasteiger partial charge >= 0.3 is 0 Å². The molecule has 10 aromatic rings. The molecule has 2 heteroatoms. The summed E-state index contributed by atoms with van der Waals surface area (Å²) in [5.41, 5.74) is 11.7. The van der Waals surface area contributed by atoms with E-state index in [9.17, 15) is 0 Å². The topological polar surface area (TPSA) is 8.17 Å². The van der Waals surface area contributed by atoms with Crippen LogP contribution in [0.2, 0.25) is 0 Å². The maximum Gasteiger partial charge on any atom is 0.0620 e. The van der Waals surface area contributed by atoms with Crippen LogP contribution in [0.15, 0.2) is 206 Å². The normalized spacial score (nSPS) is 11.5. The number of benzene rings is 9. The number of aromatic nitrogens is 1. The first-order chi connectivity index (χ1) is 25.8. The molecule has 0 bridgehead atoms. The molecule has 0 spiro atoms. The molecule has 0 saturated carbocycles. The molecular formula is C50H34N2. The number of anilines is 3. The number of fused-ring (bicyclic) bond motifs is 6. The summed E-state index contributed by atoms with van der Waals surface area (Å²) in [5, 5.41) is 7.42. The van der Waals surface area contributed by atoms with E-state index in [2.05, 4.69) is 216 Å². The summed E-state index contributed by atoms with van der Waals surface area (Å²) in [6, 6.07) is 74.7. The molecule has 0 atom stereocenters. The van der Waals surface area contributed by atoms with E-state index in [0.717, 1.165) is 22.7 Å². The van der Waals surface area contributed by atoms with E-state index in [0.29, 0.717) is 0 Å². The van der Waals surface area contributed by atoms with Gasteiger partial charge in [0.1, 0.15) is 0 Å². The molecule has 0 amide bonds. The Balaban J connectivity index is 1.17. The lowest BCUT2D eigenvalue weighted by atomic mass is 10.00. The highest BCUT2D eigenvalue weighted by Gasteiger charge is 2.20. The van der Waals surface area contributed by atoms with Crippen molar-refractivity contribution in [2.75, 3.05) is 4.90 Å². The average molecular weight is 663 g/mol. The Morgan fingerprint density at radius 1 is 0.327 bits per heavy atom. The van der Waals surface area contributed by atoms with E-state index >= 15 is 0 Å². The quantitative estimate of drug-likeness (QED) is 0.172. The van der Waals surface area contributed by atoms with Crippen LogP contribution in [0.1, 0.15) is 0 Å². The third-order valence-electron chi connectivity index (χ3n) is 10.4. The van der Waals surface area contributed by atoms with Gasteiger partial charge in [0.25, 0.3) is 0 Å². The lowest BCUT2D eigenvalue weighted by molar-refractivity contribution is 1.19. The molecule has 0 aliphatic rings. The van der Waals surface area contributed by atoms with Crippen LogP contribution in [0.4, 0.5) is 17.1 Å². The van der Waals surface area contributed by atoms with Gasteiger partial charge in [0, 0.05) is 38.6 Å². The fraction of sp³-hybridized carbons (Fsp3) is 0. The fourth-order valence-corrected chi connectivity index (χ4v) is 7.87. The van der Waals surface area contributed by atoms with Crippen LogP contribution < -0.4 is 4.90 Å². The van der Waals surface area contributed by atoms with Crippen LogP contribution in [0.25, 0.3) is 71.3 Å². The maximum absolute atomic E-state index is 2.42. The molecule has 9 aromatic carbocycles. The summed E-state index contributed by atoms with van der Waals surface area (Å²) in [4.78, 5) is 2.41. The zero-order valence-electron chi connectivity index (χ0n) is 28.5. The highest BCUT2D eigenvalue weighted by molar-refractivity contribution is 6.20. The van der Waals surface area contributed by atoms with Gasteiger partial charge in [-0.05, 0) is 87.6 Å². The molecule has 52 heavy (non-hydrogen) atoms. The molecule has 2 nitrogen and oxygen atoms in total. The molecule has 0 aliphatic heterocycles. The molecule has 0 unspecified atom stereocenters. The second-order valence-electron chi connectivity index (χ2n) is 13.4. The van der Waals surface area contributed by atoms with Crippen LogP contribution in [-0.4, -0.2) is 4.57 Å². The minimum Gasteiger partial charge on any atom is -0.310 e. The predicted molar refractivity (Wildman–Crippen MR) is 221 cm³/mol. The number of nitrogens with zero attached hydrogens (tertiary/aromatic N) is 2. The average Bonchev–Trinajstić information content (AvgIpc) is 3.57. The van der Waals surface area contributed by atoms with Crippen LogP contribution in [0, 0.1) is 0 Å². The summed E-state index contributed by atoms with van der Waals surface area (Å²) in [6.45, 7) is 0. The molecule has 0 radical (unpaired) electrons. The van der Waals surface area contributed by atoms with Crippen molar-refractivity contribution in [3.05, 3.63) is 206 Å². The summed E-state index contributed by atoms with van der Waals surface area (Å²) in [6.07, 6.45) is 0. The summed E-state index contributed by atoms with van der Waals surface area (Å²) < 4.78 is 2.42. The zero-order chi connectivity index (χ0) is 34.4. The molecule has 10 rings (SSSR count). The van der Waals surface area contributed by atoms with Crippen molar-refractivity contribution in [3.8, 4) is 27.9 Å². The van der Waals surface area contributed by atoms with Gasteiger partial charge in [0.05, 0.1) is 16.7 Å². The van der Waals surface area contributed by atoms with Crippen LogP contribution in [0.3, 0.4) is 0 Å². The predicted octanol–water partition coefficient (Wildman–Crippen LogP) is 13.9. The highest BCUT2D eigenvalue weighted by atomic mass is 15.1. The Hall–Kier alpha value is -6.90. The molecule has 0 N–H and O–H groups in total. The largest absolute Gasteiger partial charge is 0.310 e. The van der Waals surface area contributed by atoms with Crippen molar-refractivity contribution >= 4 is 60.4 Å². The molecule has 1 aromatic heterocycles. The smallest absolute Gasteiger partial charge is 0.0620 e. The van der Waals surface area contributed by atoms with Gasteiger partial charge < -0.3 is 9.47 Å². The fourth-order valence-electron chi connectivity index (χ4n) is 7.87. The Morgan fingerprint density at radius 2 is 0.865 bits per heavy atom. The third kappa shape index (κ3) is 5.04. The van der Waals surface area contributed by atoms with E-state index in [-0.39, 0.29) is 0 Å². The van der Waals surface area contributed by atoms with Gasteiger partial charge in [-0.1, -0.05) is 152 Å². The van der Waals surface area contributed by atoms with Gasteiger partial charge in [-0.2, -0.15) is 0 Å². The number of hydrogen-bond acceptors (Lipinski definition) is 1. The van der Waals surface area contributed by atoms with E-state index in [1.165, 1.54) is 65.6 Å². The lowest BCUT2D eigenvalue weighted by Gasteiger charge is -2.27. The standard InChI is InChI=1S/C50H34N2/c1-3-12-35(13-4-1)37-24-28-42(29-25-37)51(43-30-26-38(27-31-43)40-23-22-36-14-7-8-15-39(36)34-40)48-21-11-19-46-45(48)32-33-47-44-18-9-10-20-49(44)52(50(46)47)41-16-5-2-6-17-41/h1-34H. The minimum absolute atomic E-state index is 1.10. The monoisotopic (exact) mass is 662 g/mol. The van der Waals surface area contributed by atoms with E-state index in [4.69, 9.17) is 0 Å². The van der Waals surface area contributed by atoms with E-state index in [1.54, 1.807) is 0 Å². The molecule has 0 aliphatic carbocycles. The third-order valence-corrected chi connectivity index (χ3v) is 10.4. The first-order valence-electron chi connectivity index (χ1n) is 17.9. The lowest BCUT2D eigenvalue weighted by Crippen LogP contribution is -2.10. The molecule has 0 saturated heterocycles. The Labute approximate surface area is 303 Å². The van der Waals surface area contributed by atoms with Crippen molar-refractivity contribution in [2.24, 2.45) is 0 Å². The van der Waals surface area contributed by atoms with Crippen molar-refractivity contribution in [2.45, 2.75) is 0 Å². The van der Waals surface area contributed by atoms with E-state index in [1.807, 2.05) is 0 Å². The van der Waals surface area contributed by atoms with Gasteiger partial charge in [-0.25, -0.2) is 0 Å². The maximum atomic E-state index is 2.42. The summed E-state index contributed by atoms with van der Waals surface area (Å²) >= 11 is 0. The Bertz CT molecular complexity index is 2870. The SMILES string of the molecule is c1ccc(-c2ccc(N(c3ccc(-c4ccc5ccccc5c4)cc3)c3cccc4c3ccc3c5ccccc5n(-c5ccccc5)c43)cc2)cc1. The van der Waals surface area contributed by atoms with Crippen LogP contribution in [-0.2, 0) is 0 Å². The minimum atomic E-state index is 1.10. The van der Waals surface area contributed by atoms with Crippen molar-refractivity contribution in [3.63, 3.8) is 0 Å². The Morgan fingerprint density at radius 3 is 1.62 bits per heavy atom. The number of hydrogen-bond donors (Lipinski definition) is 0. The molecule has 0 fully saturated rings. The molecular weight excluding hydrogens is 629 g/mol. The highest BCUT2D eigenvalue weighted by Crippen LogP contribution is 2.44. The summed E-state index contributed by atoms with van der Waals surface area (Å²) in [5.74, 6) is 0. The first-order valence-corrected chi connectivity index (χ1v) is 17.9. The van der Waals surface area contributed by atoms with Gasteiger partial charge in [0.2, 0.25) is 0 Å². The van der Waals surface area contributed by atoms with Gasteiger partial charge in [-0.15, -0.1) is 0 Å². The van der Waals surface area contributed by atoms with Crippen LogP contribution >= 0.6 is 0 Å². The van der Waals surface area contributed by atoms with Crippen molar-refractivity contribution in [1.29, 1.82) is 0 Å². The first kappa shape index (κ1) is 30.0.